The van der Waals surface area contributed by atoms with E-state index in [1.807, 2.05) is 0 Å². The first-order valence-corrected chi connectivity index (χ1v) is 6.33. The van der Waals surface area contributed by atoms with Gasteiger partial charge in [-0.15, -0.1) is 0 Å². The molecule has 3 nitrogen and oxygen atoms in total. The number of halogens is 5. The number of aromatic nitrogens is 2. The largest absolute Gasteiger partial charge is 0.419 e. The lowest BCUT2D eigenvalue weighted by molar-refractivity contribution is -0.140. The van der Waals surface area contributed by atoms with E-state index in [4.69, 9.17) is 0 Å². The predicted molar refractivity (Wildman–Crippen MR) is 72.7 cm³/mol. The highest BCUT2D eigenvalue weighted by Crippen LogP contribution is 2.34. The number of nitrogens with one attached hydrogen (secondary N) is 1. The lowest BCUT2D eigenvalue weighted by Gasteiger charge is -2.11. The molecule has 1 heterocycles. The number of H-pyrrole nitrogens is 1. The van der Waals surface area contributed by atoms with Crippen LogP contribution in [-0.2, 0) is 6.18 Å². The number of benzene rings is 2. The van der Waals surface area contributed by atoms with Gasteiger partial charge in [-0.1, -0.05) is 12.1 Å². The van der Waals surface area contributed by atoms with Crippen LogP contribution in [0.4, 0.5) is 22.0 Å². The number of para-hydroxylation sites is 1. The fourth-order valence-corrected chi connectivity index (χ4v) is 2.17. The maximum atomic E-state index is 14.0. The van der Waals surface area contributed by atoms with Gasteiger partial charge in [0.2, 0.25) is 0 Å². The van der Waals surface area contributed by atoms with Gasteiger partial charge in [-0.3, -0.25) is 4.79 Å². The smallest absolute Gasteiger partial charge is 0.306 e. The molecule has 0 spiro atoms. The zero-order chi connectivity index (χ0) is 16.8. The second-order valence-corrected chi connectivity index (χ2v) is 4.72. The van der Waals surface area contributed by atoms with Crippen molar-refractivity contribution in [3.63, 3.8) is 0 Å². The Morgan fingerprint density at radius 1 is 0.957 bits per heavy atom. The summed E-state index contributed by atoms with van der Waals surface area (Å²) in [6, 6.07) is 7.28. The molecule has 0 saturated carbocycles. The standard InChI is InChI=1S/C15H7F5N2O/c16-11-8(5-6-9(12(11)17)15(18,19)20)13-21-10-4-2-1-3-7(10)14(23)22-13/h1-6H,(H,21,22,23). The fraction of sp³-hybridized carbons (Fsp3) is 0.0667. The van der Waals surface area contributed by atoms with E-state index in [0.717, 1.165) is 6.07 Å². The molecule has 0 aliphatic rings. The van der Waals surface area contributed by atoms with E-state index in [2.05, 4.69) is 9.97 Å². The maximum Gasteiger partial charge on any atom is 0.419 e. The van der Waals surface area contributed by atoms with Crippen molar-refractivity contribution in [2.45, 2.75) is 6.18 Å². The summed E-state index contributed by atoms with van der Waals surface area (Å²) in [6.45, 7) is 0. The molecule has 0 radical (unpaired) electrons. The van der Waals surface area contributed by atoms with Crippen LogP contribution in [0, 0.1) is 11.6 Å². The molecule has 0 bridgehead atoms. The lowest BCUT2D eigenvalue weighted by Crippen LogP contribution is -2.13. The first kappa shape index (κ1) is 15.1. The summed E-state index contributed by atoms with van der Waals surface area (Å²) in [7, 11) is 0. The van der Waals surface area contributed by atoms with E-state index < -0.39 is 34.5 Å². The van der Waals surface area contributed by atoms with Crippen LogP contribution in [0.2, 0.25) is 0 Å². The van der Waals surface area contributed by atoms with Crippen molar-refractivity contribution in [2.75, 3.05) is 0 Å². The van der Waals surface area contributed by atoms with E-state index in [9.17, 15) is 26.7 Å². The quantitative estimate of drug-likeness (QED) is 0.690. The van der Waals surface area contributed by atoms with Crippen molar-refractivity contribution in [2.24, 2.45) is 0 Å². The summed E-state index contributed by atoms with van der Waals surface area (Å²) in [5.74, 6) is -4.11. The molecule has 3 aromatic rings. The van der Waals surface area contributed by atoms with E-state index in [1.54, 1.807) is 12.1 Å². The molecule has 0 unspecified atom stereocenters. The van der Waals surface area contributed by atoms with Crippen LogP contribution >= 0.6 is 0 Å². The van der Waals surface area contributed by atoms with Gasteiger partial charge in [-0.2, -0.15) is 13.2 Å². The summed E-state index contributed by atoms with van der Waals surface area (Å²) in [4.78, 5) is 18.1. The van der Waals surface area contributed by atoms with Crippen LogP contribution in [0.5, 0.6) is 0 Å². The monoisotopic (exact) mass is 326 g/mol. The summed E-state index contributed by atoms with van der Waals surface area (Å²) >= 11 is 0. The molecule has 3 rings (SSSR count). The van der Waals surface area contributed by atoms with Gasteiger partial charge in [0.1, 0.15) is 5.82 Å². The second-order valence-electron chi connectivity index (χ2n) is 4.72. The molecule has 118 valence electrons. The zero-order valence-corrected chi connectivity index (χ0v) is 11.2. The average molecular weight is 326 g/mol. The highest BCUT2D eigenvalue weighted by atomic mass is 19.4. The molecule has 8 heteroatoms. The molecular formula is C15H7F5N2O. The molecule has 1 aromatic heterocycles. The number of nitrogens with zero attached hydrogens (tertiary/aromatic N) is 1. The van der Waals surface area contributed by atoms with Crippen LogP contribution in [0.25, 0.3) is 22.3 Å². The Kier molecular flexibility index (Phi) is 3.39. The van der Waals surface area contributed by atoms with Crippen LogP contribution in [0.15, 0.2) is 41.2 Å². The first-order chi connectivity index (χ1) is 10.8. The van der Waals surface area contributed by atoms with Gasteiger partial charge in [-0.05, 0) is 24.3 Å². The summed E-state index contributed by atoms with van der Waals surface area (Å²) < 4.78 is 65.3. The molecule has 0 fully saturated rings. The Labute approximate surface area is 125 Å². The number of fused-ring (bicyclic) bond motifs is 1. The number of aromatic amines is 1. The van der Waals surface area contributed by atoms with Gasteiger partial charge in [0.15, 0.2) is 11.6 Å². The van der Waals surface area contributed by atoms with Gasteiger partial charge >= 0.3 is 6.18 Å². The van der Waals surface area contributed by atoms with Crippen molar-refractivity contribution in [3.05, 3.63) is 63.9 Å². The van der Waals surface area contributed by atoms with E-state index in [0.29, 0.717) is 6.07 Å². The van der Waals surface area contributed by atoms with E-state index >= 15 is 0 Å². The molecule has 2 aromatic carbocycles. The van der Waals surface area contributed by atoms with Gasteiger partial charge in [-0.25, -0.2) is 13.8 Å². The summed E-state index contributed by atoms with van der Waals surface area (Å²) in [6.07, 6.45) is -5.02. The first-order valence-electron chi connectivity index (χ1n) is 6.33. The topological polar surface area (TPSA) is 45.8 Å². The minimum Gasteiger partial charge on any atom is -0.306 e. The van der Waals surface area contributed by atoms with Crippen molar-refractivity contribution in [3.8, 4) is 11.4 Å². The minimum absolute atomic E-state index is 0.214. The van der Waals surface area contributed by atoms with Gasteiger partial charge in [0, 0.05) is 0 Å². The minimum atomic E-state index is -5.02. The molecule has 23 heavy (non-hydrogen) atoms. The second kappa shape index (κ2) is 5.15. The molecular weight excluding hydrogens is 319 g/mol. The van der Waals surface area contributed by atoms with E-state index in [1.165, 1.54) is 12.1 Å². The van der Waals surface area contributed by atoms with E-state index in [-0.39, 0.29) is 16.7 Å². The van der Waals surface area contributed by atoms with Gasteiger partial charge < -0.3 is 4.98 Å². The number of alkyl halides is 3. The molecule has 0 aliphatic heterocycles. The van der Waals surface area contributed by atoms with Gasteiger partial charge in [0.25, 0.3) is 5.56 Å². The van der Waals surface area contributed by atoms with Crippen molar-refractivity contribution < 1.29 is 22.0 Å². The molecule has 0 atom stereocenters. The molecule has 0 aliphatic carbocycles. The lowest BCUT2D eigenvalue weighted by atomic mass is 10.1. The number of hydrogen-bond donors (Lipinski definition) is 1. The Morgan fingerprint density at radius 3 is 2.35 bits per heavy atom. The Balaban J connectivity index is 2.24. The molecule has 1 N–H and O–H groups in total. The predicted octanol–water partition coefficient (Wildman–Crippen LogP) is 3.89. The van der Waals surface area contributed by atoms with Crippen LogP contribution in [-0.4, -0.2) is 9.97 Å². The fourth-order valence-electron chi connectivity index (χ4n) is 2.17. The van der Waals surface area contributed by atoms with Crippen molar-refractivity contribution in [1.29, 1.82) is 0 Å². The Morgan fingerprint density at radius 2 is 1.65 bits per heavy atom. The number of hydrogen-bond acceptors (Lipinski definition) is 2. The Bertz CT molecular complexity index is 962. The highest BCUT2D eigenvalue weighted by Gasteiger charge is 2.36. The van der Waals surface area contributed by atoms with Crippen molar-refractivity contribution in [1.82, 2.24) is 9.97 Å². The van der Waals surface area contributed by atoms with Gasteiger partial charge in [0.05, 0.1) is 22.0 Å². The maximum absolute atomic E-state index is 14.0. The zero-order valence-electron chi connectivity index (χ0n) is 11.2. The SMILES string of the molecule is O=c1[nH]c(-c2ccc(C(F)(F)F)c(F)c2F)nc2ccccc12. The third-order valence-corrected chi connectivity index (χ3v) is 3.26. The van der Waals surface area contributed by atoms with Crippen LogP contribution in [0.1, 0.15) is 5.56 Å². The van der Waals surface area contributed by atoms with Crippen molar-refractivity contribution >= 4 is 10.9 Å². The number of rotatable bonds is 1. The third-order valence-electron chi connectivity index (χ3n) is 3.26. The third kappa shape index (κ3) is 2.56. The van der Waals surface area contributed by atoms with Crippen LogP contribution in [0.3, 0.4) is 0 Å². The molecule has 0 amide bonds. The highest BCUT2D eigenvalue weighted by molar-refractivity contribution is 5.79. The molecule has 0 saturated heterocycles. The average Bonchev–Trinajstić information content (AvgIpc) is 2.48. The normalized spacial score (nSPS) is 11.9. The summed E-state index contributed by atoms with van der Waals surface area (Å²) in [5, 5.41) is 0.226. The Hall–Kier alpha value is -2.77. The van der Waals surface area contributed by atoms with Crippen LogP contribution < -0.4 is 5.56 Å². The summed E-state index contributed by atoms with van der Waals surface area (Å²) in [5.41, 5.74) is -2.67.